The summed E-state index contributed by atoms with van der Waals surface area (Å²) >= 11 is 0. The van der Waals surface area contributed by atoms with Gasteiger partial charge in [0, 0.05) is 0 Å². The number of rotatable bonds is 3. The van der Waals surface area contributed by atoms with Crippen LogP contribution in [0.1, 0.15) is 0 Å². The summed E-state index contributed by atoms with van der Waals surface area (Å²) < 4.78 is 14.9. The van der Waals surface area contributed by atoms with E-state index in [0.29, 0.717) is 19.8 Å². The Hall–Kier alpha value is 0.270. The second-order valence-electron chi connectivity index (χ2n) is 1.45. The van der Waals surface area contributed by atoms with Crippen molar-refractivity contribution >= 4 is 8.60 Å². The average molecular weight is 152 g/mol. The lowest BCUT2D eigenvalue weighted by Crippen LogP contribution is -1.94. The normalized spacial score (nSPS) is 21.0. The second kappa shape index (κ2) is 4.14. The number of hydrogen-bond donors (Lipinski definition) is 1. The highest BCUT2D eigenvalue weighted by Crippen LogP contribution is 2.42. The summed E-state index contributed by atoms with van der Waals surface area (Å²) in [6, 6.07) is 0. The molecule has 0 bridgehead atoms. The third kappa shape index (κ3) is 2.56. The van der Waals surface area contributed by atoms with Crippen LogP contribution in [-0.2, 0) is 13.6 Å². The van der Waals surface area contributed by atoms with Gasteiger partial charge in [-0.05, 0) is 0 Å². The van der Waals surface area contributed by atoms with Crippen molar-refractivity contribution in [2.45, 2.75) is 0 Å². The maximum Gasteiger partial charge on any atom is 0.332 e. The fraction of sp³-hybridized carbons (Fsp3) is 1.00. The third-order valence-electron chi connectivity index (χ3n) is 0.765. The van der Waals surface area contributed by atoms with Gasteiger partial charge in [-0.2, -0.15) is 0 Å². The van der Waals surface area contributed by atoms with Crippen LogP contribution in [0.5, 0.6) is 0 Å². The molecule has 4 nitrogen and oxygen atoms in total. The zero-order chi connectivity index (χ0) is 6.53. The molecule has 0 spiro atoms. The lowest BCUT2D eigenvalue weighted by atomic mass is 10.8. The van der Waals surface area contributed by atoms with Gasteiger partial charge in [0.15, 0.2) is 0 Å². The molecular formula is C4H9O4P. The molecule has 0 unspecified atom stereocenters. The van der Waals surface area contributed by atoms with Gasteiger partial charge in [0.1, 0.15) is 0 Å². The van der Waals surface area contributed by atoms with Gasteiger partial charge in [0.25, 0.3) is 0 Å². The molecule has 0 radical (unpaired) electrons. The zero-order valence-corrected chi connectivity index (χ0v) is 5.84. The Morgan fingerprint density at radius 3 is 2.67 bits per heavy atom. The highest BCUT2D eigenvalue weighted by molar-refractivity contribution is 7.41. The molecule has 0 aromatic heterocycles. The lowest BCUT2D eigenvalue weighted by molar-refractivity contribution is 0.179. The monoisotopic (exact) mass is 152 g/mol. The Morgan fingerprint density at radius 1 is 1.44 bits per heavy atom. The van der Waals surface area contributed by atoms with Crippen molar-refractivity contribution in [3.05, 3.63) is 0 Å². The van der Waals surface area contributed by atoms with E-state index in [9.17, 15) is 0 Å². The summed E-state index contributed by atoms with van der Waals surface area (Å²) in [5.41, 5.74) is 0. The Labute approximate surface area is 54.7 Å². The smallest absolute Gasteiger partial charge is 0.332 e. The minimum atomic E-state index is -1.11. The molecule has 0 saturated carbocycles. The molecule has 1 aliphatic heterocycles. The first-order valence-corrected chi connectivity index (χ1v) is 3.83. The first-order valence-electron chi connectivity index (χ1n) is 2.73. The van der Waals surface area contributed by atoms with Crippen LogP contribution in [0.15, 0.2) is 0 Å². The molecule has 1 rings (SSSR count). The van der Waals surface area contributed by atoms with Crippen LogP contribution in [0.3, 0.4) is 0 Å². The van der Waals surface area contributed by atoms with Crippen LogP contribution in [-0.4, -0.2) is 31.5 Å². The molecule has 0 aliphatic carbocycles. The Bertz CT molecular complexity index is 73.0. The second-order valence-corrected chi connectivity index (χ2v) is 2.67. The summed E-state index contributed by atoms with van der Waals surface area (Å²) in [4.78, 5) is 0. The Kier molecular flexibility index (Phi) is 3.40. The van der Waals surface area contributed by atoms with Crippen molar-refractivity contribution in [1.29, 1.82) is 0 Å². The van der Waals surface area contributed by atoms with E-state index >= 15 is 0 Å². The summed E-state index contributed by atoms with van der Waals surface area (Å²) in [6.45, 7) is 1.53. The molecule has 0 aromatic carbocycles. The predicted octanol–water partition coefficient (Wildman–Crippen LogP) is 0.269. The van der Waals surface area contributed by atoms with Crippen LogP contribution in [0.4, 0.5) is 0 Å². The van der Waals surface area contributed by atoms with Crippen molar-refractivity contribution in [2.24, 2.45) is 0 Å². The van der Waals surface area contributed by atoms with E-state index in [1.54, 1.807) is 0 Å². The molecule has 0 aromatic rings. The van der Waals surface area contributed by atoms with E-state index in [2.05, 4.69) is 0 Å². The molecule has 1 saturated heterocycles. The number of aliphatic hydroxyl groups is 1. The fourth-order valence-corrected chi connectivity index (χ4v) is 1.35. The molecule has 0 atom stereocenters. The van der Waals surface area contributed by atoms with Gasteiger partial charge < -0.3 is 18.7 Å². The van der Waals surface area contributed by atoms with Crippen molar-refractivity contribution in [2.75, 3.05) is 26.4 Å². The fourth-order valence-electron chi connectivity index (χ4n) is 0.451. The van der Waals surface area contributed by atoms with Crippen molar-refractivity contribution in [3.8, 4) is 0 Å². The molecule has 9 heavy (non-hydrogen) atoms. The minimum absolute atomic E-state index is 0.0194. The summed E-state index contributed by atoms with van der Waals surface area (Å²) in [7, 11) is -1.11. The number of aliphatic hydroxyl groups excluding tert-OH is 1. The van der Waals surface area contributed by atoms with Crippen molar-refractivity contribution in [3.63, 3.8) is 0 Å². The van der Waals surface area contributed by atoms with Gasteiger partial charge in [-0.25, -0.2) is 0 Å². The molecule has 5 heteroatoms. The molecule has 1 heterocycles. The average Bonchev–Trinajstić information content (AvgIpc) is 2.34. The molecule has 1 aliphatic rings. The van der Waals surface area contributed by atoms with E-state index in [-0.39, 0.29) is 6.61 Å². The maximum absolute atomic E-state index is 8.30. The SMILES string of the molecule is OCCOP1OCCO1. The van der Waals surface area contributed by atoms with Crippen molar-refractivity contribution < 1.29 is 18.7 Å². The molecule has 0 amide bonds. The quantitative estimate of drug-likeness (QED) is 0.589. The maximum atomic E-state index is 8.30. The standard InChI is InChI=1S/C4H9O4P/c5-1-2-6-9-7-3-4-8-9/h5H,1-4H2. The van der Waals surface area contributed by atoms with Gasteiger partial charge >= 0.3 is 8.60 Å². The summed E-state index contributed by atoms with van der Waals surface area (Å²) in [5.74, 6) is 0. The van der Waals surface area contributed by atoms with E-state index < -0.39 is 8.60 Å². The van der Waals surface area contributed by atoms with Crippen LogP contribution < -0.4 is 0 Å². The molecular weight excluding hydrogens is 143 g/mol. The van der Waals surface area contributed by atoms with Crippen LogP contribution >= 0.6 is 8.60 Å². The topological polar surface area (TPSA) is 47.9 Å². The van der Waals surface area contributed by atoms with Crippen molar-refractivity contribution in [1.82, 2.24) is 0 Å². The van der Waals surface area contributed by atoms with Crippen LogP contribution in [0.2, 0.25) is 0 Å². The van der Waals surface area contributed by atoms with Crippen LogP contribution in [0, 0.1) is 0 Å². The minimum Gasteiger partial charge on any atom is -0.394 e. The molecule has 54 valence electrons. The van der Waals surface area contributed by atoms with Gasteiger partial charge in [-0.1, -0.05) is 0 Å². The summed E-state index contributed by atoms with van der Waals surface area (Å²) in [5, 5.41) is 8.30. The van der Waals surface area contributed by atoms with Crippen LogP contribution in [0.25, 0.3) is 0 Å². The van der Waals surface area contributed by atoms with Gasteiger partial charge in [0.05, 0.1) is 26.4 Å². The third-order valence-corrected chi connectivity index (χ3v) is 1.94. The number of hydrogen-bond acceptors (Lipinski definition) is 4. The lowest BCUT2D eigenvalue weighted by Gasteiger charge is -2.04. The van der Waals surface area contributed by atoms with E-state index in [1.165, 1.54) is 0 Å². The van der Waals surface area contributed by atoms with Gasteiger partial charge in [0.2, 0.25) is 0 Å². The Morgan fingerprint density at radius 2 is 2.11 bits per heavy atom. The first kappa shape index (κ1) is 7.38. The molecule has 1 fully saturated rings. The summed E-state index contributed by atoms with van der Waals surface area (Å²) in [6.07, 6.45) is 0. The predicted molar refractivity (Wildman–Crippen MR) is 31.9 cm³/mol. The van der Waals surface area contributed by atoms with E-state index in [1.807, 2.05) is 0 Å². The highest BCUT2D eigenvalue weighted by atomic mass is 31.2. The van der Waals surface area contributed by atoms with Gasteiger partial charge in [-0.15, -0.1) is 0 Å². The van der Waals surface area contributed by atoms with Gasteiger partial charge in [-0.3, -0.25) is 0 Å². The van der Waals surface area contributed by atoms with E-state index in [4.69, 9.17) is 18.7 Å². The van der Waals surface area contributed by atoms with E-state index in [0.717, 1.165) is 0 Å². The first-order chi connectivity index (χ1) is 4.43. The zero-order valence-electron chi connectivity index (χ0n) is 4.95. The molecule has 1 N–H and O–H groups in total. The Balaban J connectivity index is 1.98. The largest absolute Gasteiger partial charge is 0.394 e. The highest BCUT2D eigenvalue weighted by Gasteiger charge is 2.17.